The summed E-state index contributed by atoms with van der Waals surface area (Å²) in [5.74, 6) is 0.264. The van der Waals surface area contributed by atoms with E-state index in [0.29, 0.717) is 39.1 Å². The second kappa shape index (κ2) is 8.36. The minimum atomic E-state index is 0.132. The molecule has 0 saturated heterocycles. The fourth-order valence-corrected chi connectivity index (χ4v) is 3.87. The average Bonchev–Trinajstić information content (AvgIpc) is 2.81. The number of nitrogens with zero attached hydrogens (tertiary/aromatic N) is 1. The number of hydrogen-bond acceptors (Lipinski definition) is 4. The van der Waals surface area contributed by atoms with Crippen molar-refractivity contribution >= 4 is 5.71 Å². The van der Waals surface area contributed by atoms with Crippen molar-refractivity contribution in [1.82, 2.24) is 0 Å². The van der Waals surface area contributed by atoms with Gasteiger partial charge in [-0.1, -0.05) is 78.0 Å². The molecule has 0 spiro atoms. The molecule has 0 aliphatic rings. The Bertz CT molecular complexity index is 1170. The van der Waals surface area contributed by atoms with Crippen LogP contribution < -0.4 is 0 Å². The zero-order chi connectivity index (χ0) is 22.0. The van der Waals surface area contributed by atoms with Gasteiger partial charge < -0.3 is 15.4 Å². The molecule has 4 aromatic carbocycles. The molecular weight excluding hydrogens is 386 g/mol. The highest BCUT2D eigenvalue weighted by atomic mass is 16.4. The van der Waals surface area contributed by atoms with Crippen LogP contribution in [-0.2, 0) is 0 Å². The Morgan fingerprint density at radius 1 is 0.581 bits per heavy atom. The van der Waals surface area contributed by atoms with E-state index in [4.69, 9.17) is 0 Å². The molecule has 0 aliphatic heterocycles. The Balaban J connectivity index is 1.80. The summed E-state index contributed by atoms with van der Waals surface area (Å²) in [6.45, 7) is 3.58. The smallest absolute Gasteiger partial charge is 0.126 e. The van der Waals surface area contributed by atoms with Gasteiger partial charge in [-0.05, 0) is 37.1 Å². The highest BCUT2D eigenvalue weighted by Crippen LogP contribution is 2.37. The minimum Gasteiger partial charge on any atom is -0.507 e. The third-order valence-corrected chi connectivity index (χ3v) is 5.64. The van der Waals surface area contributed by atoms with E-state index in [1.807, 2.05) is 84.9 Å². The van der Waals surface area contributed by atoms with Gasteiger partial charge in [-0.2, -0.15) is 0 Å². The Hall–Kier alpha value is -4.05. The first-order valence-corrected chi connectivity index (χ1v) is 10.0. The number of aromatic hydroxyl groups is 2. The molecule has 0 amide bonds. The Morgan fingerprint density at radius 2 is 0.968 bits per heavy atom. The zero-order valence-corrected chi connectivity index (χ0v) is 17.4. The van der Waals surface area contributed by atoms with Crippen molar-refractivity contribution in [2.24, 2.45) is 5.16 Å². The molecule has 4 heteroatoms. The van der Waals surface area contributed by atoms with Gasteiger partial charge in [-0.15, -0.1) is 0 Å². The van der Waals surface area contributed by atoms with Gasteiger partial charge in [-0.3, -0.25) is 0 Å². The van der Waals surface area contributed by atoms with Crippen LogP contribution in [0.2, 0.25) is 0 Å². The molecule has 0 aliphatic carbocycles. The lowest BCUT2D eigenvalue weighted by atomic mass is 9.90. The lowest BCUT2D eigenvalue weighted by molar-refractivity contribution is 0.319. The van der Waals surface area contributed by atoms with Crippen LogP contribution in [0.25, 0.3) is 22.3 Å². The molecule has 154 valence electrons. The predicted octanol–water partition coefficient (Wildman–Crippen LogP) is 6.28. The Morgan fingerprint density at radius 3 is 1.32 bits per heavy atom. The van der Waals surface area contributed by atoms with Gasteiger partial charge in [-0.25, -0.2) is 0 Å². The molecule has 4 aromatic rings. The van der Waals surface area contributed by atoms with Gasteiger partial charge >= 0.3 is 0 Å². The molecule has 4 rings (SSSR count). The molecule has 3 N–H and O–H groups in total. The Kier molecular flexibility index (Phi) is 5.46. The van der Waals surface area contributed by atoms with Crippen molar-refractivity contribution in [3.63, 3.8) is 0 Å². The molecular formula is C27H23NO3. The summed E-state index contributed by atoms with van der Waals surface area (Å²) in [4.78, 5) is 0. The maximum Gasteiger partial charge on any atom is 0.126 e. The monoisotopic (exact) mass is 409 g/mol. The number of rotatable bonds is 4. The van der Waals surface area contributed by atoms with Crippen LogP contribution in [0.5, 0.6) is 11.5 Å². The average molecular weight is 409 g/mol. The van der Waals surface area contributed by atoms with E-state index in [1.165, 1.54) is 0 Å². The number of oxime groups is 1. The van der Waals surface area contributed by atoms with Crippen molar-refractivity contribution in [3.05, 3.63) is 107 Å². The Labute approximate surface area is 181 Å². The van der Waals surface area contributed by atoms with Crippen LogP contribution in [0.3, 0.4) is 0 Å². The van der Waals surface area contributed by atoms with Crippen LogP contribution in [-0.4, -0.2) is 21.1 Å². The third-order valence-electron chi connectivity index (χ3n) is 5.64. The maximum atomic E-state index is 10.9. The molecule has 0 radical (unpaired) electrons. The summed E-state index contributed by atoms with van der Waals surface area (Å²) in [6, 6.07) is 26.5. The summed E-state index contributed by atoms with van der Waals surface area (Å²) in [7, 11) is 0. The van der Waals surface area contributed by atoms with Crippen molar-refractivity contribution in [2.75, 3.05) is 0 Å². The zero-order valence-electron chi connectivity index (χ0n) is 17.4. The normalized spacial score (nSPS) is 10.6. The largest absolute Gasteiger partial charge is 0.507 e. The quantitative estimate of drug-likeness (QED) is 0.211. The highest BCUT2D eigenvalue weighted by molar-refractivity contribution is 6.15. The van der Waals surface area contributed by atoms with Crippen LogP contribution in [0.15, 0.2) is 90.1 Å². The lowest BCUT2D eigenvalue weighted by Crippen LogP contribution is -2.08. The molecule has 0 heterocycles. The number of benzene rings is 4. The van der Waals surface area contributed by atoms with Gasteiger partial charge in [0.2, 0.25) is 0 Å². The summed E-state index contributed by atoms with van der Waals surface area (Å²) in [5, 5.41) is 35.1. The number of phenols is 2. The fourth-order valence-electron chi connectivity index (χ4n) is 3.87. The van der Waals surface area contributed by atoms with Crippen molar-refractivity contribution < 1.29 is 15.4 Å². The van der Waals surface area contributed by atoms with E-state index in [9.17, 15) is 15.4 Å². The molecule has 0 saturated carbocycles. The lowest BCUT2D eigenvalue weighted by Gasteiger charge is -2.16. The minimum absolute atomic E-state index is 0.132. The van der Waals surface area contributed by atoms with E-state index in [1.54, 1.807) is 13.8 Å². The van der Waals surface area contributed by atoms with Gasteiger partial charge in [0.1, 0.15) is 17.2 Å². The summed E-state index contributed by atoms with van der Waals surface area (Å²) in [6.07, 6.45) is 0. The molecule has 4 nitrogen and oxygen atoms in total. The summed E-state index contributed by atoms with van der Waals surface area (Å²) < 4.78 is 0. The third kappa shape index (κ3) is 3.64. The van der Waals surface area contributed by atoms with Crippen LogP contribution >= 0.6 is 0 Å². The highest BCUT2D eigenvalue weighted by Gasteiger charge is 2.20. The van der Waals surface area contributed by atoms with Gasteiger partial charge in [0, 0.05) is 33.4 Å². The predicted molar refractivity (Wildman–Crippen MR) is 124 cm³/mol. The summed E-state index contributed by atoms with van der Waals surface area (Å²) >= 11 is 0. The topological polar surface area (TPSA) is 73.1 Å². The first-order chi connectivity index (χ1) is 15.0. The van der Waals surface area contributed by atoms with Crippen molar-refractivity contribution in [1.29, 1.82) is 0 Å². The SMILES string of the molecule is Cc1c(C(=NO)c2ccc(-c3ccccc3)c(O)c2C)ccc(-c2ccccc2)c1O. The van der Waals surface area contributed by atoms with Crippen LogP contribution in [0.1, 0.15) is 22.3 Å². The van der Waals surface area contributed by atoms with E-state index >= 15 is 0 Å². The van der Waals surface area contributed by atoms with Gasteiger partial charge in [0.25, 0.3) is 0 Å². The van der Waals surface area contributed by atoms with Crippen molar-refractivity contribution in [2.45, 2.75) is 13.8 Å². The number of hydrogen-bond donors (Lipinski definition) is 3. The maximum absolute atomic E-state index is 10.9. The molecule has 0 bridgehead atoms. The first-order valence-electron chi connectivity index (χ1n) is 10.0. The van der Waals surface area contributed by atoms with Crippen LogP contribution in [0, 0.1) is 13.8 Å². The van der Waals surface area contributed by atoms with E-state index in [-0.39, 0.29) is 11.5 Å². The van der Waals surface area contributed by atoms with E-state index in [2.05, 4.69) is 5.16 Å². The summed E-state index contributed by atoms with van der Waals surface area (Å²) in [5.41, 5.74) is 5.89. The fraction of sp³-hybridized carbons (Fsp3) is 0.0741. The first kappa shape index (κ1) is 20.2. The molecule has 31 heavy (non-hydrogen) atoms. The van der Waals surface area contributed by atoms with E-state index in [0.717, 1.165) is 11.1 Å². The van der Waals surface area contributed by atoms with Gasteiger partial charge in [0.15, 0.2) is 0 Å². The molecule has 0 aromatic heterocycles. The standard InChI is InChI=1S/C27H23NO3/c1-17-21(13-15-23(26(17)29)19-9-5-3-6-10-19)25(28-31)22-14-16-24(27(30)18(22)2)20-11-7-4-8-12-20/h3-16,29-31H,1-2H3. The molecule has 0 fully saturated rings. The molecule has 0 atom stereocenters. The second-order valence-electron chi connectivity index (χ2n) is 7.45. The van der Waals surface area contributed by atoms with E-state index < -0.39 is 0 Å². The van der Waals surface area contributed by atoms with Gasteiger partial charge in [0.05, 0.1) is 0 Å². The second-order valence-corrected chi connectivity index (χ2v) is 7.45. The number of phenolic OH excluding ortho intramolecular Hbond substituents is 2. The van der Waals surface area contributed by atoms with Crippen LogP contribution in [0.4, 0.5) is 0 Å². The molecule has 0 unspecified atom stereocenters. The van der Waals surface area contributed by atoms with Crippen molar-refractivity contribution in [3.8, 4) is 33.8 Å².